The molecule has 168 valence electrons. The van der Waals surface area contributed by atoms with E-state index in [0.717, 1.165) is 48.2 Å². The Hall–Kier alpha value is -3.02. The zero-order valence-corrected chi connectivity index (χ0v) is 19.2. The molecule has 32 heavy (non-hydrogen) atoms. The van der Waals surface area contributed by atoms with Gasteiger partial charge in [-0.25, -0.2) is 4.79 Å². The SMILES string of the molecule is COc1cccc(CN(C)CCCCOc2ccc3c(c2)oc(=O)c2ccccc23)c1.Cl. The lowest BCUT2D eigenvalue weighted by molar-refractivity contribution is 0.275. The Kier molecular flexibility index (Phi) is 8.14. The molecule has 0 unspecified atom stereocenters. The van der Waals surface area contributed by atoms with Gasteiger partial charge >= 0.3 is 5.63 Å². The van der Waals surface area contributed by atoms with Gasteiger partial charge in [0.15, 0.2) is 0 Å². The number of hydrogen-bond acceptors (Lipinski definition) is 5. The summed E-state index contributed by atoms with van der Waals surface area (Å²) in [7, 11) is 3.81. The minimum absolute atomic E-state index is 0. The number of fused-ring (bicyclic) bond motifs is 3. The van der Waals surface area contributed by atoms with Crippen LogP contribution in [0.5, 0.6) is 11.5 Å². The molecule has 1 aromatic heterocycles. The lowest BCUT2D eigenvalue weighted by atomic mass is 10.1. The third-order valence-corrected chi connectivity index (χ3v) is 5.38. The number of benzene rings is 3. The highest BCUT2D eigenvalue weighted by atomic mass is 35.5. The van der Waals surface area contributed by atoms with Crippen LogP contribution in [-0.4, -0.2) is 32.2 Å². The zero-order chi connectivity index (χ0) is 21.6. The summed E-state index contributed by atoms with van der Waals surface area (Å²) in [4.78, 5) is 14.5. The molecule has 0 saturated heterocycles. The van der Waals surface area contributed by atoms with E-state index in [9.17, 15) is 4.79 Å². The molecule has 6 heteroatoms. The molecule has 0 aliphatic heterocycles. The molecule has 0 atom stereocenters. The van der Waals surface area contributed by atoms with Gasteiger partial charge in [0.25, 0.3) is 0 Å². The summed E-state index contributed by atoms with van der Waals surface area (Å²) >= 11 is 0. The van der Waals surface area contributed by atoms with Crippen LogP contribution in [0.15, 0.2) is 75.9 Å². The second kappa shape index (κ2) is 11.0. The molecule has 5 nitrogen and oxygen atoms in total. The van der Waals surface area contributed by atoms with E-state index in [1.165, 1.54) is 5.56 Å². The number of halogens is 1. The summed E-state index contributed by atoms with van der Waals surface area (Å²) in [6, 6.07) is 21.4. The maximum absolute atomic E-state index is 12.2. The van der Waals surface area contributed by atoms with Crippen molar-refractivity contribution in [1.82, 2.24) is 4.90 Å². The largest absolute Gasteiger partial charge is 0.497 e. The normalized spacial score (nSPS) is 11.0. The van der Waals surface area contributed by atoms with Crippen LogP contribution < -0.4 is 15.1 Å². The molecular weight excluding hydrogens is 426 g/mol. The van der Waals surface area contributed by atoms with Crippen molar-refractivity contribution < 1.29 is 13.9 Å². The highest BCUT2D eigenvalue weighted by Gasteiger charge is 2.08. The lowest BCUT2D eigenvalue weighted by Crippen LogP contribution is -2.19. The predicted octanol–water partition coefficient (Wildman–Crippen LogP) is 5.67. The number of rotatable bonds is 9. The van der Waals surface area contributed by atoms with Gasteiger partial charge in [-0.2, -0.15) is 0 Å². The summed E-state index contributed by atoms with van der Waals surface area (Å²) < 4.78 is 16.7. The summed E-state index contributed by atoms with van der Waals surface area (Å²) in [5, 5.41) is 2.42. The van der Waals surface area contributed by atoms with Crippen LogP contribution in [0, 0.1) is 0 Å². The molecule has 0 N–H and O–H groups in total. The van der Waals surface area contributed by atoms with Crippen molar-refractivity contribution in [3.05, 3.63) is 82.7 Å². The van der Waals surface area contributed by atoms with Crippen LogP contribution in [0.4, 0.5) is 0 Å². The van der Waals surface area contributed by atoms with E-state index in [2.05, 4.69) is 24.1 Å². The van der Waals surface area contributed by atoms with Gasteiger partial charge in [-0.1, -0.05) is 30.3 Å². The smallest absolute Gasteiger partial charge is 0.344 e. The van der Waals surface area contributed by atoms with Crippen LogP contribution in [-0.2, 0) is 6.54 Å². The Morgan fingerprint density at radius 1 is 0.875 bits per heavy atom. The van der Waals surface area contributed by atoms with Gasteiger partial charge in [-0.05, 0) is 67.7 Å². The maximum atomic E-state index is 12.2. The van der Waals surface area contributed by atoms with Gasteiger partial charge in [0.05, 0.1) is 19.1 Å². The molecule has 3 aromatic carbocycles. The van der Waals surface area contributed by atoms with Gasteiger partial charge < -0.3 is 18.8 Å². The highest BCUT2D eigenvalue weighted by Crippen LogP contribution is 2.26. The summed E-state index contributed by atoms with van der Waals surface area (Å²) in [6.45, 7) is 2.49. The van der Waals surface area contributed by atoms with Gasteiger partial charge in [-0.3, -0.25) is 0 Å². The van der Waals surface area contributed by atoms with Crippen LogP contribution in [0.2, 0.25) is 0 Å². The van der Waals surface area contributed by atoms with E-state index in [1.807, 2.05) is 42.5 Å². The summed E-state index contributed by atoms with van der Waals surface area (Å²) in [5.74, 6) is 1.61. The fraction of sp³-hybridized carbons (Fsp3) is 0.269. The molecule has 0 amide bonds. The molecule has 0 saturated carbocycles. The summed E-state index contributed by atoms with van der Waals surface area (Å²) in [5.41, 5.74) is 1.47. The maximum Gasteiger partial charge on any atom is 0.344 e. The molecule has 0 spiro atoms. The highest BCUT2D eigenvalue weighted by molar-refractivity contribution is 6.04. The Balaban J connectivity index is 0.00000289. The van der Waals surface area contributed by atoms with Crippen molar-refractivity contribution in [2.75, 3.05) is 27.3 Å². The van der Waals surface area contributed by atoms with Crippen LogP contribution in [0.3, 0.4) is 0 Å². The average molecular weight is 454 g/mol. The van der Waals surface area contributed by atoms with Gasteiger partial charge in [0.2, 0.25) is 0 Å². The number of unbranched alkanes of at least 4 members (excludes halogenated alkanes) is 1. The van der Waals surface area contributed by atoms with Crippen molar-refractivity contribution in [2.24, 2.45) is 0 Å². The topological polar surface area (TPSA) is 51.9 Å². The molecule has 4 aromatic rings. The molecular formula is C26H28ClNO4. The molecule has 0 aliphatic rings. The average Bonchev–Trinajstić information content (AvgIpc) is 2.79. The first-order valence-corrected chi connectivity index (χ1v) is 10.5. The number of hydrogen-bond donors (Lipinski definition) is 0. The van der Waals surface area contributed by atoms with Gasteiger partial charge in [0, 0.05) is 18.0 Å². The zero-order valence-electron chi connectivity index (χ0n) is 18.4. The Labute approximate surface area is 194 Å². The van der Waals surface area contributed by atoms with Crippen LogP contribution in [0.1, 0.15) is 18.4 Å². The Bertz CT molecular complexity index is 1240. The third-order valence-electron chi connectivity index (χ3n) is 5.38. The molecule has 0 radical (unpaired) electrons. The van der Waals surface area contributed by atoms with E-state index >= 15 is 0 Å². The number of nitrogens with zero attached hydrogens (tertiary/aromatic N) is 1. The summed E-state index contributed by atoms with van der Waals surface area (Å²) in [6.07, 6.45) is 1.98. The molecule has 4 rings (SSSR count). The molecule has 1 heterocycles. The van der Waals surface area contributed by atoms with Crippen molar-refractivity contribution in [3.63, 3.8) is 0 Å². The van der Waals surface area contributed by atoms with E-state index in [0.29, 0.717) is 17.6 Å². The number of methoxy groups -OCH3 is 1. The van der Waals surface area contributed by atoms with Gasteiger partial charge in [0.1, 0.15) is 17.1 Å². The minimum Gasteiger partial charge on any atom is -0.497 e. The Morgan fingerprint density at radius 2 is 1.69 bits per heavy atom. The first-order chi connectivity index (χ1) is 15.1. The van der Waals surface area contributed by atoms with Crippen LogP contribution >= 0.6 is 12.4 Å². The third kappa shape index (κ3) is 5.61. The quantitative estimate of drug-likeness (QED) is 0.186. The Morgan fingerprint density at radius 3 is 2.50 bits per heavy atom. The van der Waals surface area contributed by atoms with Crippen molar-refractivity contribution in [1.29, 1.82) is 0 Å². The second-order valence-corrected chi connectivity index (χ2v) is 7.74. The lowest BCUT2D eigenvalue weighted by Gasteiger charge is -2.17. The monoisotopic (exact) mass is 453 g/mol. The standard InChI is InChI=1S/C26H27NO4.ClH/c1-27(18-19-8-7-9-20(16-19)29-2)14-5-6-15-30-21-12-13-23-22-10-3-4-11-24(22)26(28)31-25(23)17-21;/h3-4,7-13,16-17H,5-6,14-15,18H2,1-2H3;1H. The molecule has 0 fully saturated rings. The van der Waals surface area contributed by atoms with Crippen molar-refractivity contribution in [3.8, 4) is 11.5 Å². The molecule has 0 aliphatic carbocycles. The van der Waals surface area contributed by atoms with Gasteiger partial charge in [-0.15, -0.1) is 12.4 Å². The molecule has 0 bridgehead atoms. The van der Waals surface area contributed by atoms with E-state index in [4.69, 9.17) is 13.9 Å². The first kappa shape index (κ1) is 23.6. The van der Waals surface area contributed by atoms with Crippen molar-refractivity contribution in [2.45, 2.75) is 19.4 Å². The fourth-order valence-electron chi connectivity index (χ4n) is 3.79. The van der Waals surface area contributed by atoms with E-state index in [1.54, 1.807) is 19.2 Å². The van der Waals surface area contributed by atoms with Crippen molar-refractivity contribution >= 4 is 34.1 Å². The second-order valence-electron chi connectivity index (χ2n) is 7.74. The van der Waals surface area contributed by atoms with E-state index < -0.39 is 0 Å². The van der Waals surface area contributed by atoms with Crippen LogP contribution in [0.25, 0.3) is 21.7 Å². The predicted molar refractivity (Wildman–Crippen MR) is 131 cm³/mol. The van der Waals surface area contributed by atoms with E-state index in [-0.39, 0.29) is 18.0 Å². The fourth-order valence-corrected chi connectivity index (χ4v) is 3.79. The first-order valence-electron chi connectivity index (χ1n) is 10.5. The number of ether oxygens (including phenoxy) is 2. The minimum atomic E-state index is -0.320.